The predicted molar refractivity (Wildman–Crippen MR) is 104 cm³/mol. The van der Waals surface area contributed by atoms with Crippen LogP contribution in [0.25, 0.3) is 33.0 Å². The van der Waals surface area contributed by atoms with Crippen molar-refractivity contribution in [1.29, 1.82) is 0 Å². The van der Waals surface area contributed by atoms with E-state index in [1.165, 1.54) is 0 Å². The fraction of sp³-hybridized carbons (Fsp3) is 0.0909. The van der Waals surface area contributed by atoms with Gasteiger partial charge in [-0.25, -0.2) is 0 Å². The van der Waals surface area contributed by atoms with Gasteiger partial charge in [0, 0.05) is 47.0 Å². The Balaban J connectivity index is 2.10. The van der Waals surface area contributed by atoms with Crippen molar-refractivity contribution in [1.82, 2.24) is 9.97 Å². The number of methoxy groups -OCH3 is 2. The van der Waals surface area contributed by atoms with E-state index in [0.717, 1.165) is 44.5 Å². The minimum Gasteiger partial charge on any atom is -0.496 e. The number of hydrogen-bond donors (Lipinski definition) is 0. The Bertz CT molecular complexity index is 961. The second-order valence-electron chi connectivity index (χ2n) is 5.86. The van der Waals surface area contributed by atoms with Crippen LogP contribution in [0, 0.1) is 0 Å². The predicted octanol–water partition coefficient (Wildman–Crippen LogP) is 4.98. The number of nitrogens with zero attached hydrogens (tertiary/aromatic N) is 2. The third kappa shape index (κ3) is 2.65. The first-order chi connectivity index (χ1) is 12.8. The van der Waals surface area contributed by atoms with Crippen molar-refractivity contribution in [3.8, 4) is 33.8 Å². The van der Waals surface area contributed by atoms with Gasteiger partial charge in [-0.2, -0.15) is 0 Å². The third-order valence-electron chi connectivity index (χ3n) is 4.46. The van der Waals surface area contributed by atoms with Crippen LogP contribution in [-0.2, 0) is 0 Å². The van der Waals surface area contributed by atoms with Gasteiger partial charge in [0.05, 0.1) is 14.2 Å². The molecule has 0 spiro atoms. The minimum atomic E-state index is 0.813. The van der Waals surface area contributed by atoms with E-state index in [4.69, 9.17) is 9.47 Å². The minimum absolute atomic E-state index is 0.813. The average Bonchev–Trinajstić information content (AvgIpc) is 2.73. The molecule has 4 heteroatoms. The maximum Gasteiger partial charge on any atom is 0.127 e. The fourth-order valence-corrected chi connectivity index (χ4v) is 3.32. The van der Waals surface area contributed by atoms with E-state index in [-0.39, 0.29) is 0 Å². The molecule has 0 amide bonds. The third-order valence-corrected chi connectivity index (χ3v) is 4.46. The van der Waals surface area contributed by atoms with E-state index in [9.17, 15) is 0 Å². The molecular formula is C22H18N2O2. The molecule has 0 radical (unpaired) electrons. The van der Waals surface area contributed by atoms with E-state index >= 15 is 0 Å². The SMILES string of the molecule is COc1ccc2c(-c3cccnc3)c(OC)ccc2c1-c1cccnc1. The van der Waals surface area contributed by atoms with Gasteiger partial charge in [-0.15, -0.1) is 0 Å². The maximum absolute atomic E-state index is 5.64. The van der Waals surface area contributed by atoms with Crippen molar-refractivity contribution in [3.63, 3.8) is 0 Å². The van der Waals surface area contributed by atoms with Crippen LogP contribution in [0.5, 0.6) is 11.5 Å². The van der Waals surface area contributed by atoms with Gasteiger partial charge in [0.25, 0.3) is 0 Å². The Hall–Kier alpha value is -3.40. The molecule has 4 nitrogen and oxygen atoms in total. The highest BCUT2D eigenvalue weighted by molar-refractivity contribution is 6.08. The molecule has 0 unspecified atom stereocenters. The number of ether oxygens (including phenoxy) is 2. The smallest absolute Gasteiger partial charge is 0.127 e. The van der Waals surface area contributed by atoms with Crippen LogP contribution in [-0.4, -0.2) is 24.2 Å². The number of aromatic nitrogens is 2. The normalized spacial score (nSPS) is 10.7. The van der Waals surface area contributed by atoms with E-state index < -0.39 is 0 Å². The summed E-state index contributed by atoms with van der Waals surface area (Å²) in [5.41, 5.74) is 4.06. The summed E-state index contributed by atoms with van der Waals surface area (Å²) < 4.78 is 11.3. The quantitative estimate of drug-likeness (QED) is 0.524. The largest absolute Gasteiger partial charge is 0.496 e. The summed E-state index contributed by atoms with van der Waals surface area (Å²) in [6.07, 6.45) is 7.24. The zero-order valence-electron chi connectivity index (χ0n) is 14.6. The zero-order chi connectivity index (χ0) is 17.9. The maximum atomic E-state index is 5.64. The highest BCUT2D eigenvalue weighted by Gasteiger charge is 2.17. The Kier molecular flexibility index (Phi) is 4.23. The molecule has 0 fully saturated rings. The second-order valence-corrected chi connectivity index (χ2v) is 5.86. The lowest BCUT2D eigenvalue weighted by atomic mass is 9.92. The van der Waals surface area contributed by atoms with Gasteiger partial charge in [-0.3, -0.25) is 9.97 Å². The van der Waals surface area contributed by atoms with Gasteiger partial charge in [0.2, 0.25) is 0 Å². The molecule has 2 heterocycles. The molecular weight excluding hydrogens is 324 g/mol. The van der Waals surface area contributed by atoms with Gasteiger partial charge in [-0.1, -0.05) is 12.1 Å². The van der Waals surface area contributed by atoms with Gasteiger partial charge in [0.1, 0.15) is 11.5 Å². The number of pyridine rings is 2. The summed E-state index contributed by atoms with van der Waals surface area (Å²) in [6.45, 7) is 0. The lowest BCUT2D eigenvalue weighted by Gasteiger charge is -2.17. The zero-order valence-corrected chi connectivity index (χ0v) is 14.6. The first kappa shape index (κ1) is 16.1. The van der Waals surface area contributed by atoms with Gasteiger partial charge in [0.15, 0.2) is 0 Å². The summed E-state index contributed by atoms with van der Waals surface area (Å²) in [7, 11) is 3.37. The van der Waals surface area contributed by atoms with Crippen LogP contribution in [0.2, 0.25) is 0 Å². The molecule has 2 aromatic carbocycles. The fourth-order valence-electron chi connectivity index (χ4n) is 3.32. The standard InChI is InChI=1S/C22H18N2O2/c1-25-19-9-7-18-17(21(19)15-5-3-11-23-13-15)8-10-20(26-2)22(18)16-6-4-12-24-14-16/h3-14H,1-2H3. The van der Waals surface area contributed by atoms with Gasteiger partial charge in [-0.05, 0) is 47.2 Å². The lowest BCUT2D eigenvalue weighted by Crippen LogP contribution is -1.94. The average molecular weight is 342 g/mol. The molecule has 2 aromatic heterocycles. The molecule has 0 atom stereocenters. The van der Waals surface area contributed by atoms with Crippen molar-refractivity contribution >= 4 is 10.8 Å². The summed E-state index contributed by atoms with van der Waals surface area (Å²) in [5.74, 6) is 1.63. The molecule has 4 aromatic rings. The summed E-state index contributed by atoms with van der Waals surface area (Å²) in [4.78, 5) is 8.53. The number of fused-ring (bicyclic) bond motifs is 1. The summed E-state index contributed by atoms with van der Waals surface area (Å²) in [6, 6.07) is 16.1. The Morgan fingerprint density at radius 2 is 1.08 bits per heavy atom. The van der Waals surface area contributed by atoms with Crippen molar-refractivity contribution in [2.75, 3.05) is 14.2 Å². The number of hydrogen-bond acceptors (Lipinski definition) is 4. The second kappa shape index (κ2) is 6.84. The molecule has 4 rings (SSSR count). The molecule has 0 saturated heterocycles. The van der Waals surface area contributed by atoms with Crippen LogP contribution in [0.3, 0.4) is 0 Å². The van der Waals surface area contributed by atoms with Crippen LogP contribution in [0.4, 0.5) is 0 Å². The van der Waals surface area contributed by atoms with Crippen molar-refractivity contribution in [2.24, 2.45) is 0 Å². The number of rotatable bonds is 4. The van der Waals surface area contributed by atoms with E-state index in [1.54, 1.807) is 26.6 Å². The van der Waals surface area contributed by atoms with Gasteiger partial charge >= 0.3 is 0 Å². The molecule has 0 saturated carbocycles. The lowest BCUT2D eigenvalue weighted by molar-refractivity contribution is 0.416. The van der Waals surface area contributed by atoms with E-state index in [1.807, 2.05) is 48.8 Å². The monoisotopic (exact) mass is 342 g/mol. The first-order valence-electron chi connectivity index (χ1n) is 8.32. The van der Waals surface area contributed by atoms with E-state index in [0.29, 0.717) is 0 Å². The molecule has 128 valence electrons. The molecule has 0 aliphatic heterocycles. The summed E-state index contributed by atoms with van der Waals surface area (Å²) >= 11 is 0. The molecule has 26 heavy (non-hydrogen) atoms. The van der Waals surface area contributed by atoms with Crippen LogP contribution >= 0.6 is 0 Å². The van der Waals surface area contributed by atoms with Crippen LogP contribution < -0.4 is 9.47 Å². The molecule has 0 aliphatic carbocycles. The molecule has 0 N–H and O–H groups in total. The van der Waals surface area contributed by atoms with Crippen molar-refractivity contribution in [2.45, 2.75) is 0 Å². The van der Waals surface area contributed by atoms with Crippen LogP contribution in [0.1, 0.15) is 0 Å². The highest BCUT2D eigenvalue weighted by atomic mass is 16.5. The highest BCUT2D eigenvalue weighted by Crippen LogP contribution is 2.43. The Morgan fingerprint density at radius 1 is 0.615 bits per heavy atom. The van der Waals surface area contributed by atoms with E-state index in [2.05, 4.69) is 22.1 Å². The summed E-state index contributed by atoms with van der Waals surface area (Å²) in [5, 5.41) is 2.16. The Labute approximate surface area is 152 Å². The topological polar surface area (TPSA) is 44.2 Å². The number of benzene rings is 2. The first-order valence-corrected chi connectivity index (χ1v) is 8.32. The Morgan fingerprint density at radius 3 is 1.42 bits per heavy atom. The molecule has 0 aliphatic rings. The molecule has 0 bridgehead atoms. The van der Waals surface area contributed by atoms with Crippen molar-refractivity contribution in [3.05, 3.63) is 73.3 Å². The van der Waals surface area contributed by atoms with Gasteiger partial charge < -0.3 is 9.47 Å². The van der Waals surface area contributed by atoms with Crippen LogP contribution in [0.15, 0.2) is 73.3 Å². The van der Waals surface area contributed by atoms with Crippen molar-refractivity contribution < 1.29 is 9.47 Å².